The summed E-state index contributed by atoms with van der Waals surface area (Å²) in [6.07, 6.45) is 6.85. The molecule has 12 rings (SSSR count). The minimum absolute atomic E-state index is 0.0491. The zero-order chi connectivity index (χ0) is 41.0. The summed E-state index contributed by atoms with van der Waals surface area (Å²) in [6.45, 7) is 9.74. The monoisotopic (exact) mass is 785 g/mol. The molecule has 1 aromatic heterocycles. The highest BCUT2D eigenvalue weighted by Gasteiger charge is 2.38. The second-order valence-electron chi connectivity index (χ2n) is 18.6. The quantitative estimate of drug-likeness (QED) is 0.189. The van der Waals surface area contributed by atoms with Gasteiger partial charge in [0.15, 0.2) is 0 Å². The molecular formula is C58H47N3. The molecule has 0 saturated carbocycles. The molecule has 1 unspecified atom stereocenters. The normalized spacial score (nSPS) is 17.6. The van der Waals surface area contributed by atoms with Gasteiger partial charge in [0, 0.05) is 32.9 Å². The predicted molar refractivity (Wildman–Crippen MR) is 258 cm³/mol. The van der Waals surface area contributed by atoms with E-state index >= 15 is 0 Å². The molecule has 0 spiro atoms. The molecule has 0 amide bonds. The molecule has 9 aromatic rings. The molecule has 294 valence electrons. The van der Waals surface area contributed by atoms with Crippen molar-refractivity contribution in [3.8, 4) is 16.8 Å². The average Bonchev–Trinajstić information content (AvgIpc) is 3.63. The van der Waals surface area contributed by atoms with Gasteiger partial charge in [-0.2, -0.15) is 0 Å². The van der Waals surface area contributed by atoms with E-state index in [1.165, 1.54) is 101 Å². The Balaban J connectivity index is 1.10. The average molecular weight is 786 g/mol. The summed E-state index contributed by atoms with van der Waals surface area (Å²) in [6, 6.07) is 60.4. The summed E-state index contributed by atoms with van der Waals surface area (Å²) in [5.74, 6) is 0.882. The Labute approximate surface area is 357 Å². The molecule has 3 heteroatoms. The van der Waals surface area contributed by atoms with Crippen LogP contribution in [0.2, 0.25) is 0 Å². The Kier molecular flexibility index (Phi) is 7.81. The van der Waals surface area contributed by atoms with Crippen LogP contribution in [0.3, 0.4) is 0 Å². The van der Waals surface area contributed by atoms with Crippen molar-refractivity contribution in [2.45, 2.75) is 57.4 Å². The van der Waals surface area contributed by atoms with Gasteiger partial charge in [-0.25, -0.2) is 4.99 Å². The summed E-state index contributed by atoms with van der Waals surface area (Å²) < 4.78 is 2.55. The van der Waals surface area contributed by atoms with Crippen LogP contribution in [0, 0.1) is 0 Å². The number of aliphatic imine (C=N–C) groups is 1. The fraction of sp³-hybridized carbons (Fsp3) is 0.155. The Morgan fingerprint density at radius 1 is 0.541 bits per heavy atom. The minimum atomic E-state index is -0.0491. The first kappa shape index (κ1) is 35.9. The standard InChI is InChI=1S/C58H47N3/c1-57(2)31-32-58(3,4)49-35-52-47(34-48(49)57)53-41-21-10-8-17-37(41)28-30-51(53)61(52)50-26-14-23-43-44(50)24-13-25-45(43)56-59-54(40-20-12-19-39(33-40)36-15-6-5-7-16-36)46-29-27-38-18-9-11-22-42(38)55(46)60-56/h5-30,33-35,55H,31-32H2,1-4H3,(H,59,60). The maximum atomic E-state index is 5.60. The molecule has 3 nitrogen and oxygen atoms in total. The molecule has 2 heterocycles. The number of fused-ring (bicyclic) bond motifs is 10. The first-order valence-corrected chi connectivity index (χ1v) is 21.8. The fourth-order valence-electron chi connectivity index (χ4n) is 10.7. The van der Waals surface area contributed by atoms with Crippen molar-refractivity contribution in [2.75, 3.05) is 0 Å². The molecule has 0 radical (unpaired) electrons. The van der Waals surface area contributed by atoms with Gasteiger partial charge in [-0.15, -0.1) is 0 Å². The van der Waals surface area contributed by atoms with Crippen LogP contribution in [-0.4, -0.2) is 10.4 Å². The van der Waals surface area contributed by atoms with E-state index in [9.17, 15) is 0 Å². The molecule has 1 atom stereocenters. The molecule has 0 fully saturated rings. The Bertz CT molecular complexity index is 3390. The number of amidine groups is 1. The highest BCUT2D eigenvalue weighted by atomic mass is 15.1. The second-order valence-corrected chi connectivity index (χ2v) is 18.6. The maximum absolute atomic E-state index is 5.60. The van der Waals surface area contributed by atoms with Crippen molar-refractivity contribution in [2.24, 2.45) is 4.99 Å². The molecule has 3 aliphatic rings. The van der Waals surface area contributed by atoms with Crippen molar-refractivity contribution in [3.05, 3.63) is 209 Å². The van der Waals surface area contributed by atoms with Crippen molar-refractivity contribution in [1.82, 2.24) is 9.88 Å². The summed E-state index contributed by atoms with van der Waals surface area (Å²) in [5, 5.41) is 11.6. The first-order valence-electron chi connectivity index (χ1n) is 21.8. The Morgan fingerprint density at radius 3 is 2.10 bits per heavy atom. The van der Waals surface area contributed by atoms with Crippen LogP contribution in [-0.2, 0) is 10.8 Å². The lowest BCUT2D eigenvalue weighted by molar-refractivity contribution is 0.332. The van der Waals surface area contributed by atoms with E-state index in [1.807, 2.05) is 0 Å². The van der Waals surface area contributed by atoms with Gasteiger partial charge in [-0.05, 0) is 104 Å². The number of nitrogens with one attached hydrogen (secondary N) is 1. The third-order valence-corrected chi connectivity index (χ3v) is 14.1. The Hall–Kier alpha value is -6.97. The van der Waals surface area contributed by atoms with Gasteiger partial charge in [-0.1, -0.05) is 173 Å². The highest BCUT2D eigenvalue weighted by Crippen LogP contribution is 2.50. The lowest BCUT2D eigenvalue weighted by Gasteiger charge is -2.42. The van der Waals surface area contributed by atoms with Crippen LogP contribution in [0.5, 0.6) is 0 Å². The van der Waals surface area contributed by atoms with Crippen LogP contribution in [0.15, 0.2) is 180 Å². The van der Waals surface area contributed by atoms with Gasteiger partial charge in [-0.3, -0.25) is 0 Å². The molecule has 8 aromatic carbocycles. The Morgan fingerprint density at radius 2 is 1.23 bits per heavy atom. The number of hydrogen-bond acceptors (Lipinski definition) is 2. The van der Waals surface area contributed by atoms with E-state index in [-0.39, 0.29) is 16.9 Å². The van der Waals surface area contributed by atoms with Crippen LogP contribution >= 0.6 is 0 Å². The lowest BCUT2D eigenvalue weighted by Crippen LogP contribution is -2.35. The number of rotatable bonds is 4. The van der Waals surface area contributed by atoms with Crippen molar-refractivity contribution in [3.63, 3.8) is 0 Å². The molecule has 1 N–H and O–H groups in total. The van der Waals surface area contributed by atoms with E-state index in [0.29, 0.717) is 0 Å². The second kappa shape index (κ2) is 13.3. The summed E-state index contributed by atoms with van der Waals surface area (Å²) >= 11 is 0. The molecular weight excluding hydrogens is 739 g/mol. The van der Waals surface area contributed by atoms with Crippen LogP contribution in [0.4, 0.5) is 0 Å². The highest BCUT2D eigenvalue weighted by molar-refractivity contribution is 6.22. The SMILES string of the molecule is CC1(C)CCC(C)(C)c2cc3c(cc21)c1c2ccccc2ccc1n3-c1cccc2c(C3=NC(c4cccc(-c5ccccc5)c4)=C4C=Cc5ccccc5C4N3)cccc12. The fourth-order valence-corrected chi connectivity index (χ4v) is 10.7. The van der Waals surface area contributed by atoms with Gasteiger partial charge in [0.05, 0.1) is 28.5 Å². The molecule has 0 bridgehead atoms. The van der Waals surface area contributed by atoms with E-state index in [2.05, 4.69) is 214 Å². The first-order chi connectivity index (χ1) is 29.7. The predicted octanol–water partition coefficient (Wildman–Crippen LogP) is 14.6. The number of hydrogen-bond donors (Lipinski definition) is 1. The maximum Gasteiger partial charge on any atom is 0.135 e. The summed E-state index contributed by atoms with van der Waals surface area (Å²) in [5.41, 5.74) is 16.1. The number of aromatic nitrogens is 1. The zero-order valence-electron chi connectivity index (χ0n) is 35.1. The molecule has 2 aliphatic carbocycles. The smallest absolute Gasteiger partial charge is 0.135 e. The van der Waals surface area contributed by atoms with Gasteiger partial charge in [0.25, 0.3) is 0 Å². The summed E-state index contributed by atoms with van der Waals surface area (Å²) in [4.78, 5) is 5.60. The van der Waals surface area contributed by atoms with E-state index in [1.54, 1.807) is 0 Å². The van der Waals surface area contributed by atoms with Crippen LogP contribution in [0.1, 0.15) is 80.0 Å². The molecule has 0 saturated heterocycles. The van der Waals surface area contributed by atoms with E-state index in [0.717, 1.165) is 22.7 Å². The van der Waals surface area contributed by atoms with E-state index < -0.39 is 0 Å². The van der Waals surface area contributed by atoms with Gasteiger partial charge >= 0.3 is 0 Å². The largest absolute Gasteiger partial charge is 0.359 e. The third kappa shape index (κ3) is 5.53. The number of nitrogens with zero attached hydrogens (tertiary/aromatic N) is 2. The van der Waals surface area contributed by atoms with E-state index in [4.69, 9.17) is 4.99 Å². The molecule has 61 heavy (non-hydrogen) atoms. The van der Waals surface area contributed by atoms with Crippen LogP contribution < -0.4 is 5.32 Å². The van der Waals surface area contributed by atoms with Gasteiger partial charge in [0.2, 0.25) is 0 Å². The van der Waals surface area contributed by atoms with Gasteiger partial charge < -0.3 is 9.88 Å². The van der Waals surface area contributed by atoms with Crippen molar-refractivity contribution < 1.29 is 0 Å². The molecule has 1 aliphatic heterocycles. The lowest BCUT2D eigenvalue weighted by atomic mass is 9.63. The zero-order valence-corrected chi connectivity index (χ0v) is 35.1. The van der Waals surface area contributed by atoms with Crippen molar-refractivity contribution >= 4 is 61.0 Å². The topological polar surface area (TPSA) is 29.3 Å². The van der Waals surface area contributed by atoms with Gasteiger partial charge in [0.1, 0.15) is 5.84 Å². The minimum Gasteiger partial charge on any atom is -0.359 e. The van der Waals surface area contributed by atoms with Crippen LogP contribution in [0.25, 0.3) is 71.9 Å². The summed E-state index contributed by atoms with van der Waals surface area (Å²) in [7, 11) is 0. The van der Waals surface area contributed by atoms with Crippen molar-refractivity contribution in [1.29, 1.82) is 0 Å². The third-order valence-electron chi connectivity index (χ3n) is 14.1. The number of benzene rings is 8.